The minimum atomic E-state index is -0.129. The molecule has 0 radical (unpaired) electrons. The zero-order valence-electron chi connectivity index (χ0n) is 9.10. The molecule has 1 aromatic heterocycles. The number of rotatable bonds is 3. The summed E-state index contributed by atoms with van der Waals surface area (Å²) < 4.78 is 2.92. The first-order valence-electron chi connectivity index (χ1n) is 5.24. The van der Waals surface area contributed by atoms with Crippen LogP contribution in [0.4, 0.5) is 0 Å². The fraction of sp³-hybridized carbons (Fsp3) is 0.250. The SMILES string of the molecule is CCn1cc(C(N)c2ccccc2Br)cn1. The van der Waals surface area contributed by atoms with Crippen LogP contribution < -0.4 is 5.73 Å². The van der Waals surface area contributed by atoms with Gasteiger partial charge in [-0.1, -0.05) is 34.1 Å². The van der Waals surface area contributed by atoms with E-state index in [2.05, 4.69) is 28.0 Å². The first-order chi connectivity index (χ1) is 7.72. The van der Waals surface area contributed by atoms with Crippen LogP contribution in [0, 0.1) is 0 Å². The number of aryl methyl sites for hydroxylation is 1. The van der Waals surface area contributed by atoms with Gasteiger partial charge >= 0.3 is 0 Å². The minimum Gasteiger partial charge on any atom is -0.320 e. The van der Waals surface area contributed by atoms with Gasteiger partial charge < -0.3 is 5.73 Å². The number of hydrogen-bond acceptors (Lipinski definition) is 2. The Kier molecular flexibility index (Phi) is 3.41. The Labute approximate surface area is 103 Å². The van der Waals surface area contributed by atoms with Gasteiger partial charge in [-0.15, -0.1) is 0 Å². The lowest BCUT2D eigenvalue weighted by Gasteiger charge is -2.11. The highest BCUT2D eigenvalue weighted by atomic mass is 79.9. The van der Waals surface area contributed by atoms with Crippen molar-refractivity contribution in [3.05, 3.63) is 52.3 Å². The fourth-order valence-corrected chi connectivity index (χ4v) is 2.15. The minimum absolute atomic E-state index is 0.129. The molecule has 84 valence electrons. The van der Waals surface area contributed by atoms with Crippen LogP contribution in [-0.2, 0) is 6.54 Å². The maximum absolute atomic E-state index is 6.20. The lowest BCUT2D eigenvalue weighted by molar-refractivity contribution is 0.658. The first kappa shape index (κ1) is 11.4. The Morgan fingerprint density at radius 1 is 1.44 bits per heavy atom. The summed E-state index contributed by atoms with van der Waals surface area (Å²) in [7, 11) is 0. The number of benzene rings is 1. The monoisotopic (exact) mass is 279 g/mol. The summed E-state index contributed by atoms with van der Waals surface area (Å²) in [6, 6.07) is 7.87. The molecule has 1 atom stereocenters. The molecule has 0 bridgehead atoms. The molecule has 0 aliphatic heterocycles. The number of nitrogens with zero attached hydrogens (tertiary/aromatic N) is 2. The van der Waals surface area contributed by atoms with Crippen LogP contribution in [0.25, 0.3) is 0 Å². The second-order valence-corrected chi connectivity index (χ2v) is 4.48. The predicted octanol–water partition coefficient (Wildman–Crippen LogP) is 2.71. The standard InChI is InChI=1S/C12H14BrN3/c1-2-16-8-9(7-15-16)12(14)10-5-3-4-6-11(10)13/h3-8,12H,2,14H2,1H3. The smallest absolute Gasteiger partial charge is 0.0594 e. The van der Waals surface area contributed by atoms with E-state index >= 15 is 0 Å². The van der Waals surface area contributed by atoms with E-state index in [4.69, 9.17) is 5.73 Å². The van der Waals surface area contributed by atoms with Crippen molar-refractivity contribution < 1.29 is 0 Å². The average Bonchev–Trinajstić information content (AvgIpc) is 2.77. The Morgan fingerprint density at radius 3 is 2.81 bits per heavy atom. The molecule has 0 spiro atoms. The van der Waals surface area contributed by atoms with Crippen molar-refractivity contribution in [2.45, 2.75) is 19.5 Å². The third-order valence-electron chi connectivity index (χ3n) is 2.58. The summed E-state index contributed by atoms with van der Waals surface area (Å²) in [5, 5.41) is 4.23. The summed E-state index contributed by atoms with van der Waals surface area (Å²) in [5.74, 6) is 0. The van der Waals surface area contributed by atoms with Crippen LogP contribution in [0.5, 0.6) is 0 Å². The highest BCUT2D eigenvalue weighted by Gasteiger charge is 2.13. The Morgan fingerprint density at radius 2 is 2.19 bits per heavy atom. The molecule has 2 aromatic rings. The van der Waals surface area contributed by atoms with Gasteiger partial charge in [0.1, 0.15) is 0 Å². The van der Waals surface area contributed by atoms with Crippen molar-refractivity contribution in [1.82, 2.24) is 9.78 Å². The van der Waals surface area contributed by atoms with Gasteiger partial charge in [0.2, 0.25) is 0 Å². The van der Waals surface area contributed by atoms with Gasteiger partial charge in [-0.05, 0) is 18.6 Å². The molecule has 2 rings (SSSR count). The predicted molar refractivity (Wildman–Crippen MR) is 68.1 cm³/mol. The van der Waals surface area contributed by atoms with E-state index in [1.807, 2.05) is 41.3 Å². The van der Waals surface area contributed by atoms with Crippen molar-refractivity contribution in [2.75, 3.05) is 0 Å². The van der Waals surface area contributed by atoms with Gasteiger partial charge in [-0.3, -0.25) is 4.68 Å². The number of aromatic nitrogens is 2. The maximum Gasteiger partial charge on any atom is 0.0594 e. The van der Waals surface area contributed by atoms with E-state index in [1.54, 1.807) is 0 Å². The molecule has 2 N–H and O–H groups in total. The lowest BCUT2D eigenvalue weighted by atomic mass is 10.0. The van der Waals surface area contributed by atoms with Gasteiger partial charge in [-0.25, -0.2) is 0 Å². The molecule has 0 saturated heterocycles. The topological polar surface area (TPSA) is 43.8 Å². The normalized spacial score (nSPS) is 12.7. The first-order valence-corrected chi connectivity index (χ1v) is 6.04. The summed E-state index contributed by atoms with van der Waals surface area (Å²) in [6.45, 7) is 2.92. The molecule has 1 unspecified atom stereocenters. The molecule has 0 amide bonds. The maximum atomic E-state index is 6.20. The second-order valence-electron chi connectivity index (χ2n) is 3.63. The highest BCUT2D eigenvalue weighted by Crippen LogP contribution is 2.26. The van der Waals surface area contributed by atoms with E-state index in [0.717, 1.165) is 22.1 Å². The molecule has 0 aliphatic rings. The summed E-state index contributed by atoms with van der Waals surface area (Å²) in [4.78, 5) is 0. The molecule has 16 heavy (non-hydrogen) atoms. The molecule has 4 heteroatoms. The van der Waals surface area contributed by atoms with E-state index in [0.29, 0.717) is 0 Å². The third-order valence-corrected chi connectivity index (χ3v) is 3.30. The van der Waals surface area contributed by atoms with Crippen molar-refractivity contribution in [3.63, 3.8) is 0 Å². The Balaban J connectivity index is 2.31. The fourth-order valence-electron chi connectivity index (χ4n) is 1.62. The molecule has 0 saturated carbocycles. The molecule has 0 aliphatic carbocycles. The van der Waals surface area contributed by atoms with Gasteiger partial charge in [0.25, 0.3) is 0 Å². The van der Waals surface area contributed by atoms with Crippen LogP contribution >= 0.6 is 15.9 Å². The highest BCUT2D eigenvalue weighted by molar-refractivity contribution is 9.10. The Bertz CT molecular complexity index is 479. The zero-order chi connectivity index (χ0) is 11.5. The van der Waals surface area contributed by atoms with Gasteiger partial charge in [0, 0.05) is 22.8 Å². The van der Waals surface area contributed by atoms with Crippen LogP contribution in [0.2, 0.25) is 0 Å². The van der Waals surface area contributed by atoms with Gasteiger partial charge in [-0.2, -0.15) is 5.10 Å². The molecule has 0 fully saturated rings. The largest absolute Gasteiger partial charge is 0.320 e. The third kappa shape index (κ3) is 2.18. The second kappa shape index (κ2) is 4.80. The van der Waals surface area contributed by atoms with Gasteiger partial charge in [0.05, 0.1) is 12.2 Å². The van der Waals surface area contributed by atoms with Crippen molar-refractivity contribution in [2.24, 2.45) is 5.73 Å². The molecular formula is C12H14BrN3. The van der Waals surface area contributed by atoms with Crippen molar-refractivity contribution in [3.8, 4) is 0 Å². The lowest BCUT2D eigenvalue weighted by Crippen LogP contribution is -2.11. The summed E-state index contributed by atoms with van der Waals surface area (Å²) in [5.41, 5.74) is 8.32. The quantitative estimate of drug-likeness (QED) is 0.939. The average molecular weight is 280 g/mol. The molecule has 3 nitrogen and oxygen atoms in total. The van der Waals surface area contributed by atoms with Crippen LogP contribution in [0.15, 0.2) is 41.1 Å². The van der Waals surface area contributed by atoms with Crippen molar-refractivity contribution in [1.29, 1.82) is 0 Å². The van der Waals surface area contributed by atoms with Crippen molar-refractivity contribution >= 4 is 15.9 Å². The van der Waals surface area contributed by atoms with E-state index in [9.17, 15) is 0 Å². The Hall–Kier alpha value is -1.13. The van der Waals surface area contributed by atoms with E-state index in [-0.39, 0.29) is 6.04 Å². The van der Waals surface area contributed by atoms with E-state index in [1.165, 1.54) is 0 Å². The summed E-state index contributed by atoms with van der Waals surface area (Å²) >= 11 is 3.51. The molecule has 1 aromatic carbocycles. The van der Waals surface area contributed by atoms with Crippen LogP contribution in [0.3, 0.4) is 0 Å². The number of hydrogen-bond donors (Lipinski definition) is 1. The number of halogens is 1. The zero-order valence-corrected chi connectivity index (χ0v) is 10.7. The van der Waals surface area contributed by atoms with Gasteiger partial charge in [0.15, 0.2) is 0 Å². The number of nitrogens with two attached hydrogens (primary N) is 1. The molecular weight excluding hydrogens is 266 g/mol. The van der Waals surface area contributed by atoms with E-state index < -0.39 is 0 Å². The van der Waals surface area contributed by atoms with Crippen LogP contribution in [0.1, 0.15) is 24.1 Å². The summed E-state index contributed by atoms with van der Waals surface area (Å²) in [6.07, 6.45) is 3.82. The van der Waals surface area contributed by atoms with Crippen LogP contribution in [-0.4, -0.2) is 9.78 Å². The molecule has 1 heterocycles.